The fraction of sp³-hybridized carbons (Fsp3) is 0.333. The van der Waals surface area contributed by atoms with Crippen molar-refractivity contribution < 1.29 is 4.79 Å². The summed E-state index contributed by atoms with van der Waals surface area (Å²) < 4.78 is 3.78. The molecular formula is C15H16N6O. The molecule has 112 valence electrons. The van der Waals surface area contributed by atoms with Crippen molar-refractivity contribution in [3.63, 3.8) is 0 Å². The second-order valence-electron chi connectivity index (χ2n) is 5.53. The maximum atomic E-state index is 12.8. The molecule has 0 aromatic carbocycles. The van der Waals surface area contributed by atoms with E-state index < -0.39 is 0 Å². The standard InChI is InChI=1S/C15H16N6O/c1-10-5-6-16-15-17-13(18-21(10)15)14(22)20-9-8-19-7-3-4-12(19)11(20)2/h3-7,11H,8-9H2,1-2H3/t11-/m1/s1. The van der Waals surface area contributed by atoms with E-state index in [9.17, 15) is 4.79 Å². The highest BCUT2D eigenvalue weighted by Crippen LogP contribution is 2.26. The molecule has 0 N–H and O–H groups in total. The first-order valence-corrected chi connectivity index (χ1v) is 7.29. The van der Waals surface area contributed by atoms with Gasteiger partial charge in [-0.2, -0.15) is 4.98 Å². The van der Waals surface area contributed by atoms with Crippen LogP contribution in [0.15, 0.2) is 30.6 Å². The zero-order valence-electron chi connectivity index (χ0n) is 12.5. The van der Waals surface area contributed by atoms with E-state index >= 15 is 0 Å². The summed E-state index contributed by atoms with van der Waals surface area (Å²) in [6, 6.07) is 5.91. The Bertz CT molecular complexity index is 864. The van der Waals surface area contributed by atoms with Crippen molar-refractivity contribution >= 4 is 11.7 Å². The van der Waals surface area contributed by atoms with Crippen molar-refractivity contribution in [1.82, 2.24) is 29.0 Å². The van der Waals surface area contributed by atoms with Gasteiger partial charge < -0.3 is 9.47 Å². The molecule has 3 aromatic rings. The number of hydrogen-bond acceptors (Lipinski definition) is 4. The molecule has 0 saturated carbocycles. The Hall–Kier alpha value is -2.70. The van der Waals surface area contributed by atoms with Gasteiger partial charge in [0.15, 0.2) is 0 Å². The van der Waals surface area contributed by atoms with Crippen LogP contribution in [0.1, 0.15) is 35.0 Å². The van der Waals surface area contributed by atoms with Crippen molar-refractivity contribution in [3.8, 4) is 0 Å². The number of aromatic nitrogens is 5. The molecule has 0 fully saturated rings. The maximum absolute atomic E-state index is 12.8. The molecule has 4 heterocycles. The molecule has 0 unspecified atom stereocenters. The van der Waals surface area contributed by atoms with Gasteiger partial charge in [-0.15, -0.1) is 5.10 Å². The lowest BCUT2D eigenvalue weighted by Crippen LogP contribution is -2.41. The van der Waals surface area contributed by atoms with E-state index in [1.54, 1.807) is 10.7 Å². The largest absolute Gasteiger partial charge is 0.348 e. The molecule has 1 aliphatic rings. The second kappa shape index (κ2) is 4.66. The SMILES string of the molecule is Cc1ccnc2nc(C(=O)N3CCn4cccc4[C@H]3C)nn12. The van der Waals surface area contributed by atoms with Gasteiger partial charge in [0.2, 0.25) is 5.82 Å². The lowest BCUT2D eigenvalue weighted by molar-refractivity contribution is 0.0631. The zero-order chi connectivity index (χ0) is 15.3. The third-order valence-electron chi connectivity index (χ3n) is 4.22. The first-order chi connectivity index (χ1) is 10.6. The van der Waals surface area contributed by atoms with Crippen LogP contribution in [0.5, 0.6) is 0 Å². The summed E-state index contributed by atoms with van der Waals surface area (Å²) >= 11 is 0. The van der Waals surface area contributed by atoms with Gasteiger partial charge >= 0.3 is 0 Å². The van der Waals surface area contributed by atoms with Gasteiger partial charge in [0.05, 0.1) is 6.04 Å². The number of aryl methyl sites for hydroxylation is 1. The predicted octanol–water partition coefficient (Wildman–Crippen LogP) is 1.45. The highest BCUT2D eigenvalue weighted by molar-refractivity contribution is 5.91. The molecule has 0 spiro atoms. The first kappa shape index (κ1) is 13.0. The number of rotatable bonds is 1. The molecule has 0 bridgehead atoms. The van der Waals surface area contributed by atoms with Crippen molar-refractivity contribution in [2.75, 3.05) is 6.54 Å². The van der Waals surface area contributed by atoms with Crippen LogP contribution in [0.4, 0.5) is 0 Å². The van der Waals surface area contributed by atoms with Crippen molar-refractivity contribution in [2.45, 2.75) is 26.4 Å². The first-order valence-electron chi connectivity index (χ1n) is 7.29. The van der Waals surface area contributed by atoms with E-state index in [1.165, 1.54) is 0 Å². The molecule has 0 radical (unpaired) electrons. The van der Waals surface area contributed by atoms with Crippen molar-refractivity contribution in [1.29, 1.82) is 0 Å². The summed E-state index contributed by atoms with van der Waals surface area (Å²) in [5, 5.41) is 4.31. The molecule has 3 aromatic heterocycles. The third-order valence-corrected chi connectivity index (χ3v) is 4.22. The lowest BCUT2D eigenvalue weighted by Gasteiger charge is -2.34. The van der Waals surface area contributed by atoms with Gasteiger partial charge in [0.25, 0.3) is 11.7 Å². The van der Waals surface area contributed by atoms with Gasteiger partial charge in [0, 0.05) is 36.9 Å². The molecular weight excluding hydrogens is 280 g/mol. The number of carbonyl (C=O) groups is 1. The molecule has 1 aliphatic heterocycles. The number of nitrogens with zero attached hydrogens (tertiary/aromatic N) is 6. The Labute approximate surface area is 127 Å². The average Bonchev–Trinajstić information content (AvgIpc) is 3.14. The summed E-state index contributed by atoms with van der Waals surface area (Å²) in [6.07, 6.45) is 3.72. The average molecular weight is 296 g/mol. The Morgan fingerprint density at radius 2 is 2.18 bits per heavy atom. The van der Waals surface area contributed by atoms with Crippen LogP contribution >= 0.6 is 0 Å². The van der Waals surface area contributed by atoms with Crippen molar-refractivity contribution in [2.24, 2.45) is 0 Å². The second-order valence-corrected chi connectivity index (χ2v) is 5.53. The Kier molecular flexibility index (Phi) is 2.75. The highest BCUT2D eigenvalue weighted by Gasteiger charge is 2.30. The van der Waals surface area contributed by atoms with E-state index in [2.05, 4.69) is 19.6 Å². The predicted molar refractivity (Wildman–Crippen MR) is 79.4 cm³/mol. The molecule has 4 rings (SSSR count). The normalized spacial score (nSPS) is 17.7. The molecule has 0 saturated heterocycles. The van der Waals surface area contributed by atoms with Crippen LogP contribution in [-0.2, 0) is 6.54 Å². The van der Waals surface area contributed by atoms with Crippen molar-refractivity contribution in [3.05, 3.63) is 47.8 Å². The number of hydrogen-bond donors (Lipinski definition) is 0. The highest BCUT2D eigenvalue weighted by atomic mass is 16.2. The van der Waals surface area contributed by atoms with E-state index in [4.69, 9.17) is 0 Å². The molecule has 1 atom stereocenters. The van der Waals surface area contributed by atoms with Crippen LogP contribution in [0, 0.1) is 6.92 Å². The molecule has 0 aliphatic carbocycles. The minimum atomic E-state index is -0.148. The fourth-order valence-electron chi connectivity index (χ4n) is 2.98. The summed E-state index contributed by atoms with van der Waals surface area (Å²) in [6.45, 7) is 5.39. The molecule has 1 amide bonds. The van der Waals surface area contributed by atoms with Gasteiger partial charge in [-0.1, -0.05) is 0 Å². The van der Waals surface area contributed by atoms with Crippen LogP contribution in [0.2, 0.25) is 0 Å². The summed E-state index contributed by atoms with van der Waals surface area (Å²) in [7, 11) is 0. The molecule has 7 nitrogen and oxygen atoms in total. The fourth-order valence-corrected chi connectivity index (χ4v) is 2.98. The van der Waals surface area contributed by atoms with Crippen LogP contribution in [-0.4, -0.2) is 41.5 Å². The quantitative estimate of drug-likeness (QED) is 0.681. The summed E-state index contributed by atoms with van der Waals surface area (Å²) in [4.78, 5) is 23.0. The molecule has 7 heteroatoms. The maximum Gasteiger partial charge on any atom is 0.294 e. The van der Waals surface area contributed by atoms with E-state index in [-0.39, 0.29) is 17.8 Å². The monoisotopic (exact) mass is 296 g/mol. The minimum Gasteiger partial charge on any atom is -0.348 e. The van der Waals surface area contributed by atoms with E-state index in [1.807, 2.05) is 43.1 Å². The van der Waals surface area contributed by atoms with Gasteiger partial charge in [-0.25, -0.2) is 9.50 Å². The topological polar surface area (TPSA) is 68.3 Å². The Morgan fingerprint density at radius 3 is 3.00 bits per heavy atom. The third kappa shape index (κ3) is 1.82. The van der Waals surface area contributed by atoms with E-state index in [0.717, 1.165) is 17.9 Å². The van der Waals surface area contributed by atoms with Crippen LogP contribution in [0.25, 0.3) is 5.78 Å². The van der Waals surface area contributed by atoms with Gasteiger partial charge in [0.1, 0.15) is 0 Å². The van der Waals surface area contributed by atoms with Gasteiger partial charge in [-0.05, 0) is 32.0 Å². The number of fused-ring (bicyclic) bond motifs is 2. The van der Waals surface area contributed by atoms with E-state index in [0.29, 0.717) is 12.3 Å². The Balaban J connectivity index is 1.70. The van der Waals surface area contributed by atoms with Crippen LogP contribution < -0.4 is 0 Å². The summed E-state index contributed by atoms with van der Waals surface area (Å²) in [5.74, 6) is 0.509. The molecule has 22 heavy (non-hydrogen) atoms. The lowest BCUT2D eigenvalue weighted by atomic mass is 10.1. The number of carbonyl (C=O) groups excluding carboxylic acids is 1. The number of amides is 1. The van der Waals surface area contributed by atoms with Gasteiger partial charge in [-0.3, -0.25) is 4.79 Å². The minimum absolute atomic E-state index is 0.0110. The van der Waals surface area contributed by atoms with Crippen LogP contribution in [0.3, 0.4) is 0 Å². The smallest absolute Gasteiger partial charge is 0.294 e. The summed E-state index contributed by atoms with van der Waals surface area (Å²) in [5.41, 5.74) is 2.04. The Morgan fingerprint density at radius 1 is 1.32 bits per heavy atom. The zero-order valence-corrected chi connectivity index (χ0v) is 12.5.